The quantitative estimate of drug-likeness (QED) is 0.472. The van der Waals surface area contributed by atoms with Gasteiger partial charge in [-0.25, -0.2) is 8.78 Å². The van der Waals surface area contributed by atoms with Crippen LogP contribution in [0.4, 0.5) is 8.78 Å². The van der Waals surface area contributed by atoms with Crippen molar-refractivity contribution >= 4 is 38.3 Å². The summed E-state index contributed by atoms with van der Waals surface area (Å²) in [7, 11) is 0. The molecule has 0 saturated heterocycles. The van der Waals surface area contributed by atoms with Crippen molar-refractivity contribution in [3.8, 4) is 0 Å². The Bertz CT molecular complexity index is 797. The molecule has 3 rings (SSSR count). The van der Waals surface area contributed by atoms with Gasteiger partial charge >= 0.3 is 0 Å². The van der Waals surface area contributed by atoms with E-state index in [9.17, 15) is 8.78 Å². The van der Waals surface area contributed by atoms with E-state index in [2.05, 4.69) is 15.9 Å². The number of rotatable bonds is 2. The topological polar surface area (TPSA) is 0 Å². The van der Waals surface area contributed by atoms with Gasteiger partial charge in [-0.1, -0.05) is 46.3 Å². The number of benzene rings is 3. The molecule has 0 amide bonds. The summed E-state index contributed by atoms with van der Waals surface area (Å²) in [4.78, 5) is 0. The Labute approximate surface area is 134 Å². The van der Waals surface area contributed by atoms with E-state index < -0.39 is 17.0 Å². The third kappa shape index (κ3) is 2.81. The number of fused-ring (bicyclic) bond motifs is 1. The van der Waals surface area contributed by atoms with Gasteiger partial charge in [0.05, 0.1) is 5.38 Å². The first-order valence-corrected chi connectivity index (χ1v) is 7.56. The fourth-order valence-electron chi connectivity index (χ4n) is 2.41. The lowest BCUT2D eigenvalue weighted by atomic mass is 9.98. The van der Waals surface area contributed by atoms with Crippen LogP contribution in [0.1, 0.15) is 16.5 Å². The Morgan fingerprint density at radius 3 is 2.14 bits per heavy atom. The van der Waals surface area contributed by atoms with Gasteiger partial charge < -0.3 is 0 Å². The largest absolute Gasteiger partial charge is 0.207 e. The molecule has 0 saturated carbocycles. The first kappa shape index (κ1) is 14.5. The van der Waals surface area contributed by atoms with Crippen LogP contribution in [0.2, 0.25) is 0 Å². The van der Waals surface area contributed by atoms with E-state index in [-0.39, 0.29) is 0 Å². The van der Waals surface area contributed by atoms with E-state index in [4.69, 9.17) is 11.6 Å². The lowest BCUT2D eigenvalue weighted by molar-refractivity contribution is 0.580. The monoisotopic (exact) mass is 366 g/mol. The third-order valence-electron chi connectivity index (χ3n) is 3.36. The van der Waals surface area contributed by atoms with Crippen LogP contribution >= 0.6 is 27.5 Å². The van der Waals surface area contributed by atoms with Gasteiger partial charge in [0.15, 0.2) is 0 Å². The summed E-state index contributed by atoms with van der Waals surface area (Å²) in [5, 5.41) is 1.35. The average molecular weight is 368 g/mol. The highest BCUT2D eigenvalue weighted by molar-refractivity contribution is 9.10. The van der Waals surface area contributed by atoms with Gasteiger partial charge in [0.1, 0.15) is 11.6 Å². The summed E-state index contributed by atoms with van der Waals surface area (Å²) < 4.78 is 27.7. The second kappa shape index (κ2) is 5.74. The van der Waals surface area contributed by atoms with Crippen molar-refractivity contribution in [1.82, 2.24) is 0 Å². The summed E-state index contributed by atoms with van der Waals surface area (Å²) >= 11 is 9.95. The second-order valence-electron chi connectivity index (χ2n) is 4.75. The van der Waals surface area contributed by atoms with Crippen LogP contribution in [-0.4, -0.2) is 0 Å². The van der Waals surface area contributed by atoms with Crippen LogP contribution in [-0.2, 0) is 0 Å². The number of hydrogen-bond acceptors (Lipinski definition) is 0. The predicted octanol–water partition coefficient (Wildman–Crippen LogP) is 6.21. The molecule has 4 heteroatoms. The highest BCUT2D eigenvalue weighted by atomic mass is 79.9. The normalized spacial score (nSPS) is 12.6. The zero-order valence-electron chi connectivity index (χ0n) is 10.8. The molecule has 0 N–H and O–H groups in total. The van der Waals surface area contributed by atoms with Crippen LogP contribution in [0, 0.1) is 11.6 Å². The van der Waals surface area contributed by atoms with Gasteiger partial charge in [-0.15, -0.1) is 11.6 Å². The zero-order chi connectivity index (χ0) is 15.0. The maximum absolute atomic E-state index is 13.4. The molecule has 106 valence electrons. The summed E-state index contributed by atoms with van der Waals surface area (Å²) in [5.74, 6) is -1.26. The first-order valence-electron chi connectivity index (χ1n) is 6.33. The highest BCUT2D eigenvalue weighted by Crippen LogP contribution is 2.36. The van der Waals surface area contributed by atoms with Gasteiger partial charge in [-0.05, 0) is 40.1 Å². The van der Waals surface area contributed by atoms with Crippen LogP contribution in [0.5, 0.6) is 0 Å². The van der Waals surface area contributed by atoms with Crippen molar-refractivity contribution in [2.75, 3.05) is 0 Å². The van der Waals surface area contributed by atoms with Crippen molar-refractivity contribution in [1.29, 1.82) is 0 Å². The summed E-state index contributed by atoms with van der Waals surface area (Å²) in [6, 6.07) is 14.9. The lowest BCUT2D eigenvalue weighted by Crippen LogP contribution is -1.97. The van der Waals surface area contributed by atoms with Crippen LogP contribution < -0.4 is 0 Å². The molecule has 3 aromatic rings. The fraction of sp³-hybridized carbons (Fsp3) is 0.0588. The second-order valence-corrected chi connectivity index (χ2v) is 6.04. The molecular formula is C17H10BrClF2. The van der Waals surface area contributed by atoms with E-state index in [0.717, 1.165) is 26.9 Å². The minimum Gasteiger partial charge on any atom is -0.207 e. The SMILES string of the molecule is Fc1cc(F)cc(C(Cl)c2ccc(Br)c3ccccc23)c1. The number of alkyl halides is 1. The van der Waals surface area contributed by atoms with E-state index in [1.807, 2.05) is 36.4 Å². The van der Waals surface area contributed by atoms with Crippen molar-refractivity contribution < 1.29 is 8.78 Å². The molecular weight excluding hydrogens is 358 g/mol. The van der Waals surface area contributed by atoms with Crippen LogP contribution in [0.15, 0.2) is 59.1 Å². The lowest BCUT2D eigenvalue weighted by Gasteiger charge is -2.14. The number of hydrogen-bond donors (Lipinski definition) is 0. The first-order chi connectivity index (χ1) is 10.1. The molecule has 0 aliphatic carbocycles. The molecule has 0 aliphatic rings. The van der Waals surface area contributed by atoms with Gasteiger partial charge in [-0.2, -0.15) is 0 Å². The zero-order valence-corrected chi connectivity index (χ0v) is 13.1. The molecule has 21 heavy (non-hydrogen) atoms. The van der Waals surface area contributed by atoms with Crippen molar-refractivity contribution in [3.05, 3.63) is 81.8 Å². The molecule has 0 aliphatic heterocycles. The Morgan fingerprint density at radius 1 is 0.857 bits per heavy atom. The van der Waals surface area contributed by atoms with Gasteiger partial charge in [0.25, 0.3) is 0 Å². The minimum atomic E-state index is -0.628. The smallest absolute Gasteiger partial charge is 0.126 e. The molecule has 1 atom stereocenters. The molecule has 0 spiro atoms. The van der Waals surface area contributed by atoms with Crippen molar-refractivity contribution in [2.24, 2.45) is 0 Å². The van der Waals surface area contributed by atoms with E-state index >= 15 is 0 Å². The Morgan fingerprint density at radius 2 is 1.48 bits per heavy atom. The van der Waals surface area contributed by atoms with Crippen LogP contribution in [0.25, 0.3) is 10.8 Å². The standard InChI is InChI=1S/C17H10BrClF2/c18-16-6-5-15(13-3-1-2-4-14(13)16)17(19)10-7-11(20)9-12(21)8-10/h1-9,17H. The maximum Gasteiger partial charge on any atom is 0.126 e. The Kier molecular flexibility index (Phi) is 3.96. The fourth-order valence-corrected chi connectivity index (χ4v) is 3.20. The van der Waals surface area contributed by atoms with E-state index in [0.29, 0.717) is 5.56 Å². The van der Waals surface area contributed by atoms with Gasteiger partial charge in [0.2, 0.25) is 0 Å². The molecule has 0 fully saturated rings. The van der Waals surface area contributed by atoms with E-state index in [1.165, 1.54) is 12.1 Å². The molecule has 1 unspecified atom stereocenters. The molecule has 0 aromatic heterocycles. The van der Waals surface area contributed by atoms with Gasteiger partial charge in [0, 0.05) is 10.5 Å². The minimum absolute atomic E-state index is 0.404. The molecule has 0 heterocycles. The Balaban J connectivity index is 2.18. The number of halogens is 4. The van der Waals surface area contributed by atoms with Crippen molar-refractivity contribution in [2.45, 2.75) is 5.38 Å². The molecule has 0 nitrogen and oxygen atoms in total. The maximum atomic E-state index is 13.4. The third-order valence-corrected chi connectivity index (χ3v) is 4.53. The van der Waals surface area contributed by atoms with Gasteiger partial charge in [-0.3, -0.25) is 0 Å². The summed E-state index contributed by atoms with van der Waals surface area (Å²) in [5.41, 5.74) is 1.22. The predicted molar refractivity (Wildman–Crippen MR) is 85.7 cm³/mol. The van der Waals surface area contributed by atoms with Crippen LogP contribution in [0.3, 0.4) is 0 Å². The molecule has 0 radical (unpaired) electrons. The molecule has 3 aromatic carbocycles. The summed E-state index contributed by atoms with van der Waals surface area (Å²) in [6.45, 7) is 0. The van der Waals surface area contributed by atoms with E-state index in [1.54, 1.807) is 0 Å². The Hall–Kier alpha value is -1.45. The average Bonchev–Trinajstić information content (AvgIpc) is 2.46. The molecule has 0 bridgehead atoms. The summed E-state index contributed by atoms with van der Waals surface area (Å²) in [6.07, 6.45) is 0. The highest BCUT2D eigenvalue weighted by Gasteiger charge is 2.16. The van der Waals surface area contributed by atoms with Crippen molar-refractivity contribution in [3.63, 3.8) is 0 Å².